The van der Waals surface area contributed by atoms with Crippen molar-refractivity contribution in [2.45, 2.75) is 46.1 Å². The van der Waals surface area contributed by atoms with Crippen LogP contribution in [0.4, 0.5) is 0 Å². The molecule has 0 saturated carbocycles. The second kappa shape index (κ2) is 4.72. The van der Waals surface area contributed by atoms with Gasteiger partial charge in [0, 0.05) is 5.92 Å². The fourth-order valence-corrected chi connectivity index (χ4v) is 2.60. The summed E-state index contributed by atoms with van der Waals surface area (Å²) in [7, 11) is 0. The van der Waals surface area contributed by atoms with Gasteiger partial charge < -0.3 is 5.11 Å². The Hall–Kier alpha value is -0.410. The minimum atomic E-state index is 0.129. The number of thiazole rings is 1. The Morgan fingerprint density at radius 2 is 2.00 bits per heavy atom. The zero-order valence-electron chi connectivity index (χ0n) is 8.50. The number of aromatic nitrogens is 1. The molecule has 0 aliphatic heterocycles. The smallest absolute Gasteiger partial charge is 0.0962 e. The monoisotopic (exact) mass is 199 g/mol. The first kappa shape index (κ1) is 10.7. The van der Waals surface area contributed by atoms with E-state index in [0.717, 1.165) is 23.4 Å². The summed E-state index contributed by atoms with van der Waals surface area (Å²) in [6, 6.07) is 0. The summed E-state index contributed by atoms with van der Waals surface area (Å²) in [6.07, 6.45) is 2.27. The number of aliphatic hydroxyl groups excluding tert-OH is 1. The van der Waals surface area contributed by atoms with E-state index in [2.05, 4.69) is 18.8 Å². The summed E-state index contributed by atoms with van der Waals surface area (Å²) in [6.45, 7) is 6.46. The molecule has 74 valence electrons. The van der Waals surface area contributed by atoms with Gasteiger partial charge in [-0.15, -0.1) is 11.3 Å². The molecule has 1 rings (SSSR count). The van der Waals surface area contributed by atoms with Crippen LogP contribution in [0.2, 0.25) is 0 Å². The number of hydrogen-bond acceptors (Lipinski definition) is 3. The fourth-order valence-electron chi connectivity index (χ4n) is 1.41. The minimum Gasteiger partial charge on any atom is -0.391 e. The summed E-state index contributed by atoms with van der Waals surface area (Å²) in [5.74, 6) is 0.573. The summed E-state index contributed by atoms with van der Waals surface area (Å²) < 4.78 is 0. The molecule has 13 heavy (non-hydrogen) atoms. The van der Waals surface area contributed by atoms with Crippen molar-refractivity contribution < 1.29 is 5.11 Å². The lowest BCUT2D eigenvalue weighted by Gasteiger charge is -2.06. The van der Waals surface area contributed by atoms with Gasteiger partial charge in [0.1, 0.15) is 0 Å². The summed E-state index contributed by atoms with van der Waals surface area (Å²) >= 11 is 1.66. The zero-order valence-corrected chi connectivity index (χ0v) is 9.32. The third-order valence-electron chi connectivity index (χ3n) is 2.39. The Bertz CT molecular complexity index is 266. The highest BCUT2D eigenvalue weighted by molar-refractivity contribution is 7.11. The third kappa shape index (κ3) is 2.29. The second-order valence-electron chi connectivity index (χ2n) is 3.23. The van der Waals surface area contributed by atoms with Crippen molar-refractivity contribution in [3.63, 3.8) is 0 Å². The van der Waals surface area contributed by atoms with E-state index in [1.54, 1.807) is 11.3 Å². The first-order valence-corrected chi connectivity index (χ1v) is 5.61. The van der Waals surface area contributed by atoms with E-state index < -0.39 is 0 Å². The molecule has 0 aliphatic rings. The van der Waals surface area contributed by atoms with Crippen molar-refractivity contribution >= 4 is 11.3 Å². The molecule has 1 heterocycles. The maximum atomic E-state index is 9.03. The average Bonchev–Trinajstić information content (AvgIpc) is 2.49. The van der Waals surface area contributed by atoms with E-state index in [1.807, 2.05) is 6.92 Å². The molecular weight excluding hydrogens is 182 g/mol. The normalized spacial score (nSPS) is 11.2. The van der Waals surface area contributed by atoms with E-state index in [1.165, 1.54) is 5.01 Å². The standard InChI is InChI=1S/C10H17NOS/c1-4-8(5-2)10-11-7(3)9(6-12)13-10/h8,12H,4-6H2,1-3H3. The molecule has 0 fully saturated rings. The molecule has 1 N–H and O–H groups in total. The van der Waals surface area contributed by atoms with Crippen LogP contribution >= 0.6 is 11.3 Å². The van der Waals surface area contributed by atoms with Crippen LogP contribution in [-0.2, 0) is 6.61 Å². The van der Waals surface area contributed by atoms with Crippen molar-refractivity contribution in [1.82, 2.24) is 4.98 Å². The van der Waals surface area contributed by atoms with Crippen molar-refractivity contribution in [1.29, 1.82) is 0 Å². The van der Waals surface area contributed by atoms with Crippen molar-refractivity contribution in [3.8, 4) is 0 Å². The van der Waals surface area contributed by atoms with E-state index in [4.69, 9.17) is 5.11 Å². The fraction of sp³-hybridized carbons (Fsp3) is 0.700. The first-order chi connectivity index (χ1) is 6.22. The van der Waals surface area contributed by atoms with Gasteiger partial charge in [-0.25, -0.2) is 4.98 Å². The van der Waals surface area contributed by atoms with Gasteiger partial charge in [-0.3, -0.25) is 0 Å². The quantitative estimate of drug-likeness (QED) is 0.809. The number of rotatable bonds is 4. The number of aliphatic hydroxyl groups is 1. The van der Waals surface area contributed by atoms with Crippen LogP contribution < -0.4 is 0 Å². The molecule has 1 aromatic heterocycles. The Labute approximate surface area is 83.6 Å². The van der Waals surface area contributed by atoms with Gasteiger partial charge >= 0.3 is 0 Å². The molecule has 0 aliphatic carbocycles. The van der Waals surface area contributed by atoms with Crippen LogP contribution in [0.25, 0.3) is 0 Å². The molecule has 2 nitrogen and oxygen atoms in total. The summed E-state index contributed by atoms with van der Waals surface area (Å²) in [5.41, 5.74) is 0.995. The van der Waals surface area contributed by atoms with Gasteiger partial charge in [-0.05, 0) is 19.8 Å². The van der Waals surface area contributed by atoms with E-state index in [9.17, 15) is 0 Å². The van der Waals surface area contributed by atoms with Crippen LogP contribution in [0, 0.1) is 6.92 Å². The highest BCUT2D eigenvalue weighted by Gasteiger charge is 2.13. The number of hydrogen-bond donors (Lipinski definition) is 1. The van der Waals surface area contributed by atoms with Gasteiger partial charge in [0.05, 0.1) is 22.2 Å². The van der Waals surface area contributed by atoms with Crippen LogP contribution in [0.15, 0.2) is 0 Å². The summed E-state index contributed by atoms with van der Waals surface area (Å²) in [5, 5.41) is 10.2. The first-order valence-electron chi connectivity index (χ1n) is 4.79. The lowest BCUT2D eigenvalue weighted by Crippen LogP contribution is -1.93. The zero-order chi connectivity index (χ0) is 9.84. The Morgan fingerprint density at radius 3 is 2.38 bits per heavy atom. The molecule has 0 unspecified atom stereocenters. The van der Waals surface area contributed by atoms with E-state index >= 15 is 0 Å². The number of nitrogens with zero attached hydrogens (tertiary/aromatic N) is 1. The highest BCUT2D eigenvalue weighted by Crippen LogP contribution is 2.29. The van der Waals surface area contributed by atoms with Crippen molar-refractivity contribution in [2.24, 2.45) is 0 Å². The molecule has 3 heteroatoms. The SMILES string of the molecule is CCC(CC)c1nc(C)c(CO)s1. The van der Waals surface area contributed by atoms with Crippen molar-refractivity contribution in [2.75, 3.05) is 0 Å². The third-order valence-corrected chi connectivity index (χ3v) is 3.69. The Balaban J connectivity index is 2.88. The molecule has 0 saturated heterocycles. The summed E-state index contributed by atoms with van der Waals surface area (Å²) in [4.78, 5) is 5.50. The molecule has 1 aromatic rings. The largest absolute Gasteiger partial charge is 0.391 e. The molecule has 0 atom stereocenters. The molecule has 0 aromatic carbocycles. The molecule has 0 amide bonds. The van der Waals surface area contributed by atoms with Gasteiger partial charge in [-0.1, -0.05) is 13.8 Å². The van der Waals surface area contributed by atoms with Crippen molar-refractivity contribution in [3.05, 3.63) is 15.6 Å². The van der Waals surface area contributed by atoms with Crippen LogP contribution in [0.1, 0.15) is 48.2 Å². The van der Waals surface area contributed by atoms with Gasteiger partial charge in [0.15, 0.2) is 0 Å². The maximum absolute atomic E-state index is 9.03. The predicted molar refractivity (Wildman–Crippen MR) is 56.1 cm³/mol. The lowest BCUT2D eigenvalue weighted by molar-refractivity contribution is 0.284. The molecule has 0 spiro atoms. The van der Waals surface area contributed by atoms with Gasteiger partial charge in [0.2, 0.25) is 0 Å². The molecule has 0 bridgehead atoms. The second-order valence-corrected chi connectivity index (χ2v) is 4.35. The highest BCUT2D eigenvalue weighted by atomic mass is 32.1. The van der Waals surface area contributed by atoms with Gasteiger partial charge in [0.25, 0.3) is 0 Å². The Kier molecular flexibility index (Phi) is 3.88. The Morgan fingerprint density at radius 1 is 1.38 bits per heavy atom. The van der Waals surface area contributed by atoms with Crippen LogP contribution in [-0.4, -0.2) is 10.1 Å². The van der Waals surface area contributed by atoms with Gasteiger partial charge in [-0.2, -0.15) is 0 Å². The van der Waals surface area contributed by atoms with E-state index in [-0.39, 0.29) is 6.61 Å². The molecular formula is C10H17NOS. The average molecular weight is 199 g/mol. The van der Waals surface area contributed by atoms with Crippen LogP contribution in [0.5, 0.6) is 0 Å². The number of aryl methyl sites for hydroxylation is 1. The molecule has 0 radical (unpaired) electrons. The lowest BCUT2D eigenvalue weighted by atomic mass is 10.1. The topological polar surface area (TPSA) is 33.1 Å². The maximum Gasteiger partial charge on any atom is 0.0962 e. The van der Waals surface area contributed by atoms with Crippen LogP contribution in [0.3, 0.4) is 0 Å². The predicted octanol–water partition coefficient (Wildman–Crippen LogP) is 2.85. The minimum absolute atomic E-state index is 0.129. The van der Waals surface area contributed by atoms with E-state index in [0.29, 0.717) is 5.92 Å².